The summed E-state index contributed by atoms with van der Waals surface area (Å²) in [5.41, 5.74) is 7.10. The predicted octanol–water partition coefficient (Wildman–Crippen LogP) is 3.00. The zero-order valence-electron chi connectivity index (χ0n) is 11.6. The molecule has 2 aromatic rings. The quantitative estimate of drug-likeness (QED) is 0.875. The molecule has 0 saturated heterocycles. The molecule has 0 fully saturated rings. The number of rotatable bonds is 6. The van der Waals surface area contributed by atoms with E-state index in [9.17, 15) is 0 Å². The smallest absolute Gasteiger partial charge is 0.253 e. The molecule has 108 valence electrons. The van der Waals surface area contributed by atoms with Crippen LogP contribution in [0, 0.1) is 6.92 Å². The van der Waals surface area contributed by atoms with E-state index in [1.165, 1.54) is 0 Å². The molecule has 0 amide bonds. The van der Waals surface area contributed by atoms with Gasteiger partial charge in [-0.2, -0.15) is 0 Å². The van der Waals surface area contributed by atoms with Crippen LogP contribution in [0.15, 0.2) is 27.1 Å². The minimum absolute atomic E-state index is 0.122. The second kappa shape index (κ2) is 6.85. The summed E-state index contributed by atoms with van der Waals surface area (Å²) in [5.74, 6) is 1.80. The summed E-state index contributed by atoms with van der Waals surface area (Å²) in [6, 6.07) is 6.02. The maximum atomic E-state index is 6.02. The largest absolute Gasteiger partial charge is 0.484 e. The van der Waals surface area contributed by atoms with Crippen molar-refractivity contribution < 1.29 is 9.15 Å². The summed E-state index contributed by atoms with van der Waals surface area (Å²) in [7, 11) is 0. The summed E-state index contributed by atoms with van der Waals surface area (Å²) < 4.78 is 12.1. The molecular weight excluding hydrogens is 322 g/mol. The van der Waals surface area contributed by atoms with Crippen LogP contribution in [0.1, 0.15) is 30.7 Å². The molecule has 1 aromatic carbocycles. The fraction of sp³-hybridized carbons (Fsp3) is 0.429. The van der Waals surface area contributed by atoms with E-state index >= 15 is 0 Å². The van der Waals surface area contributed by atoms with E-state index in [0.29, 0.717) is 11.8 Å². The standard InChI is InChI=1S/C14H18BrN3O2/c1-3-12(16)7-10-6-11(15)4-5-13(10)19-8-14-18-17-9(2)20-14/h4-6,12H,3,7-8,16H2,1-2H3. The summed E-state index contributed by atoms with van der Waals surface area (Å²) in [6.45, 7) is 4.09. The maximum absolute atomic E-state index is 6.02. The van der Waals surface area contributed by atoms with Crippen LogP contribution >= 0.6 is 15.9 Å². The second-order valence-corrected chi connectivity index (χ2v) is 5.54. The van der Waals surface area contributed by atoms with Gasteiger partial charge >= 0.3 is 0 Å². The van der Waals surface area contributed by atoms with E-state index in [4.69, 9.17) is 14.9 Å². The SMILES string of the molecule is CCC(N)Cc1cc(Br)ccc1OCc1nnc(C)o1. The lowest BCUT2D eigenvalue weighted by Crippen LogP contribution is -2.21. The van der Waals surface area contributed by atoms with Crippen LogP contribution < -0.4 is 10.5 Å². The van der Waals surface area contributed by atoms with Crippen molar-refractivity contribution in [1.82, 2.24) is 10.2 Å². The number of hydrogen-bond donors (Lipinski definition) is 1. The molecule has 0 aliphatic heterocycles. The van der Waals surface area contributed by atoms with Gasteiger partial charge in [-0.1, -0.05) is 22.9 Å². The van der Waals surface area contributed by atoms with Crippen molar-refractivity contribution in [2.75, 3.05) is 0 Å². The Bertz CT molecular complexity index is 571. The first kappa shape index (κ1) is 15.0. The molecule has 1 aromatic heterocycles. The lowest BCUT2D eigenvalue weighted by atomic mass is 10.0. The fourth-order valence-electron chi connectivity index (χ4n) is 1.81. The highest BCUT2D eigenvalue weighted by Gasteiger charge is 2.10. The maximum Gasteiger partial charge on any atom is 0.253 e. The van der Waals surface area contributed by atoms with E-state index in [1.54, 1.807) is 6.92 Å². The van der Waals surface area contributed by atoms with Crippen molar-refractivity contribution in [1.29, 1.82) is 0 Å². The number of ether oxygens (including phenoxy) is 1. The van der Waals surface area contributed by atoms with Crippen LogP contribution in [0.3, 0.4) is 0 Å². The Balaban J connectivity index is 2.09. The normalized spacial score (nSPS) is 12.4. The van der Waals surface area contributed by atoms with Gasteiger partial charge in [0.05, 0.1) is 0 Å². The summed E-state index contributed by atoms with van der Waals surface area (Å²) in [6.07, 6.45) is 1.70. The third-order valence-corrected chi connectivity index (χ3v) is 3.44. The zero-order valence-corrected chi connectivity index (χ0v) is 13.2. The molecule has 0 radical (unpaired) electrons. The Morgan fingerprint density at radius 3 is 2.85 bits per heavy atom. The fourth-order valence-corrected chi connectivity index (χ4v) is 2.22. The Kier molecular flexibility index (Phi) is 5.14. The monoisotopic (exact) mass is 339 g/mol. The molecule has 1 atom stereocenters. The molecule has 2 rings (SSSR count). The van der Waals surface area contributed by atoms with E-state index in [0.717, 1.165) is 28.6 Å². The van der Waals surface area contributed by atoms with Crippen LogP contribution in [0.25, 0.3) is 0 Å². The van der Waals surface area contributed by atoms with E-state index < -0.39 is 0 Å². The van der Waals surface area contributed by atoms with E-state index in [2.05, 4.69) is 33.1 Å². The van der Waals surface area contributed by atoms with Crippen molar-refractivity contribution in [3.05, 3.63) is 40.0 Å². The van der Waals surface area contributed by atoms with Crippen molar-refractivity contribution in [2.45, 2.75) is 39.3 Å². The Morgan fingerprint density at radius 2 is 2.20 bits per heavy atom. The van der Waals surface area contributed by atoms with Crippen molar-refractivity contribution >= 4 is 15.9 Å². The molecule has 1 unspecified atom stereocenters. The van der Waals surface area contributed by atoms with Crippen LogP contribution in [0.2, 0.25) is 0 Å². The first-order chi connectivity index (χ1) is 9.58. The van der Waals surface area contributed by atoms with Crippen molar-refractivity contribution in [3.8, 4) is 5.75 Å². The molecule has 0 spiro atoms. The molecule has 0 saturated carbocycles. The van der Waals surface area contributed by atoms with Gasteiger partial charge in [0.25, 0.3) is 5.89 Å². The molecule has 2 N–H and O–H groups in total. The Morgan fingerprint density at radius 1 is 1.40 bits per heavy atom. The second-order valence-electron chi connectivity index (χ2n) is 4.63. The van der Waals surface area contributed by atoms with Gasteiger partial charge < -0.3 is 14.9 Å². The number of aryl methyl sites for hydroxylation is 1. The molecule has 0 aliphatic rings. The van der Waals surface area contributed by atoms with E-state index in [-0.39, 0.29) is 12.6 Å². The number of benzene rings is 1. The molecule has 20 heavy (non-hydrogen) atoms. The van der Waals surface area contributed by atoms with Crippen LogP contribution in [0.4, 0.5) is 0 Å². The van der Waals surface area contributed by atoms with Gasteiger partial charge in [0, 0.05) is 17.4 Å². The number of aromatic nitrogens is 2. The molecule has 1 heterocycles. The zero-order chi connectivity index (χ0) is 14.5. The van der Waals surface area contributed by atoms with Crippen LogP contribution in [-0.2, 0) is 13.0 Å². The Hall–Kier alpha value is -1.40. The van der Waals surface area contributed by atoms with Gasteiger partial charge in [-0.25, -0.2) is 0 Å². The minimum atomic E-state index is 0.122. The average Bonchev–Trinajstić information content (AvgIpc) is 2.83. The highest BCUT2D eigenvalue weighted by atomic mass is 79.9. The van der Waals surface area contributed by atoms with Gasteiger partial charge in [-0.15, -0.1) is 10.2 Å². The lowest BCUT2D eigenvalue weighted by Gasteiger charge is -2.14. The van der Waals surface area contributed by atoms with Gasteiger partial charge in [-0.3, -0.25) is 0 Å². The Labute approximate surface area is 126 Å². The summed E-state index contributed by atoms with van der Waals surface area (Å²) >= 11 is 3.47. The van der Waals surface area contributed by atoms with Gasteiger partial charge in [0.2, 0.25) is 5.89 Å². The molecule has 0 bridgehead atoms. The summed E-state index contributed by atoms with van der Waals surface area (Å²) in [5, 5.41) is 7.68. The first-order valence-corrected chi connectivity index (χ1v) is 7.33. The highest BCUT2D eigenvalue weighted by Crippen LogP contribution is 2.25. The molecule has 5 nitrogen and oxygen atoms in total. The van der Waals surface area contributed by atoms with Crippen LogP contribution in [0.5, 0.6) is 5.75 Å². The van der Waals surface area contributed by atoms with E-state index in [1.807, 2.05) is 18.2 Å². The van der Waals surface area contributed by atoms with Gasteiger partial charge in [0.15, 0.2) is 6.61 Å². The number of halogens is 1. The average molecular weight is 340 g/mol. The van der Waals surface area contributed by atoms with Crippen molar-refractivity contribution in [2.24, 2.45) is 5.73 Å². The van der Waals surface area contributed by atoms with Gasteiger partial charge in [0.1, 0.15) is 5.75 Å². The molecule has 0 aliphatic carbocycles. The summed E-state index contributed by atoms with van der Waals surface area (Å²) in [4.78, 5) is 0. The predicted molar refractivity (Wildman–Crippen MR) is 79.5 cm³/mol. The molecule has 6 heteroatoms. The number of nitrogens with zero attached hydrogens (tertiary/aromatic N) is 2. The number of hydrogen-bond acceptors (Lipinski definition) is 5. The van der Waals surface area contributed by atoms with Crippen LogP contribution in [-0.4, -0.2) is 16.2 Å². The third kappa shape index (κ3) is 4.05. The topological polar surface area (TPSA) is 74.2 Å². The lowest BCUT2D eigenvalue weighted by molar-refractivity contribution is 0.257. The minimum Gasteiger partial charge on any atom is -0.484 e. The third-order valence-electron chi connectivity index (χ3n) is 2.95. The van der Waals surface area contributed by atoms with Crippen molar-refractivity contribution in [3.63, 3.8) is 0 Å². The number of nitrogens with two attached hydrogens (primary N) is 1. The highest BCUT2D eigenvalue weighted by molar-refractivity contribution is 9.10. The molecular formula is C14H18BrN3O2. The first-order valence-electron chi connectivity index (χ1n) is 6.54. The van der Waals surface area contributed by atoms with Gasteiger partial charge in [-0.05, 0) is 36.6 Å².